The molecule has 114 valence electrons. The van der Waals surface area contributed by atoms with E-state index in [0.717, 1.165) is 44.6 Å². The molecule has 1 spiro atoms. The normalized spacial score (nSPS) is 19.8. The van der Waals surface area contributed by atoms with Crippen LogP contribution in [0.4, 0.5) is 0 Å². The fraction of sp³-hybridized carbons (Fsp3) is 0.692. The average molecular weight is 321 g/mol. The van der Waals surface area contributed by atoms with Crippen molar-refractivity contribution in [2.24, 2.45) is 0 Å². The van der Waals surface area contributed by atoms with E-state index in [1.54, 1.807) is 6.33 Å². The maximum absolute atomic E-state index is 12.2. The van der Waals surface area contributed by atoms with Crippen molar-refractivity contribution in [2.45, 2.75) is 38.1 Å². The first-order chi connectivity index (χ1) is 8.78. The summed E-state index contributed by atoms with van der Waals surface area (Å²) in [6.07, 6.45) is 5.19. The molecule has 0 bridgehead atoms. The Hall–Kier alpha value is -0.780. The summed E-state index contributed by atoms with van der Waals surface area (Å²) in [7, 11) is 0. The minimum Gasteiger partial charge on any atom is -0.348 e. The number of piperidine rings is 1. The standard InChI is InChI=1S/C13H20N4O.2ClH/c1-2-11(18)17-8-3-10-12(16-9-15-10)13(17)4-6-14-7-5-13;;/h9,14H,2-8H2,1H3,(H,15,16);2*1H. The molecule has 7 heteroatoms. The van der Waals surface area contributed by atoms with Crippen LogP contribution in [0.2, 0.25) is 0 Å². The highest BCUT2D eigenvalue weighted by Crippen LogP contribution is 2.40. The van der Waals surface area contributed by atoms with Crippen LogP contribution in [0, 0.1) is 0 Å². The third-order valence-corrected chi connectivity index (χ3v) is 4.30. The van der Waals surface area contributed by atoms with Crippen LogP contribution in [-0.4, -0.2) is 40.4 Å². The summed E-state index contributed by atoms with van der Waals surface area (Å²) in [5.74, 6) is 0.255. The summed E-state index contributed by atoms with van der Waals surface area (Å²) in [6, 6.07) is 0. The van der Waals surface area contributed by atoms with Crippen LogP contribution < -0.4 is 5.32 Å². The molecule has 3 rings (SSSR count). The van der Waals surface area contributed by atoms with Crippen LogP contribution >= 0.6 is 24.8 Å². The lowest BCUT2D eigenvalue weighted by Gasteiger charge is -2.48. The highest BCUT2D eigenvalue weighted by molar-refractivity contribution is 5.85. The molecular weight excluding hydrogens is 299 g/mol. The van der Waals surface area contributed by atoms with Crippen LogP contribution in [0.15, 0.2) is 6.33 Å². The highest BCUT2D eigenvalue weighted by Gasteiger charge is 2.46. The Morgan fingerprint density at radius 1 is 1.40 bits per heavy atom. The molecule has 1 aromatic rings. The topological polar surface area (TPSA) is 61.0 Å². The second kappa shape index (κ2) is 6.78. The number of halogens is 2. The number of rotatable bonds is 1. The van der Waals surface area contributed by atoms with Gasteiger partial charge in [-0.25, -0.2) is 4.98 Å². The predicted molar refractivity (Wildman–Crippen MR) is 82.6 cm³/mol. The summed E-state index contributed by atoms with van der Waals surface area (Å²) in [5, 5.41) is 3.38. The van der Waals surface area contributed by atoms with Gasteiger partial charge in [-0.3, -0.25) is 4.79 Å². The van der Waals surface area contributed by atoms with Gasteiger partial charge in [-0.1, -0.05) is 6.92 Å². The molecule has 0 atom stereocenters. The van der Waals surface area contributed by atoms with Gasteiger partial charge in [0.25, 0.3) is 0 Å². The van der Waals surface area contributed by atoms with Crippen molar-refractivity contribution in [2.75, 3.05) is 19.6 Å². The van der Waals surface area contributed by atoms with Crippen molar-refractivity contribution in [3.8, 4) is 0 Å². The quantitative estimate of drug-likeness (QED) is 0.826. The number of aromatic nitrogens is 2. The SMILES string of the molecule is CCC(=O)N1CCc2[nH]cnc2C12CCNCC2.Cl.Cl. The van der Waals surface area contributed by atoms with Crippen LogP contribution in [0.5, 0.6) is 0 Å². The minimum absolute atomic E-state index is 0. The number of carbonyl (C=O) groups is 1. The molecule has 0 unspecified atom stereocenters. The van der Waals surface area contributed by atoms with Crippen molar-refractivity contribution in [3.05, 3.63) is 17.7 Å². The van der Waals surface area contributed by atoms with Gasteiger partial charge in [-0.05, 0) is 25.9 Å². The zero-order valence-electron chi connectivity index (χ0n) is 11.6. The Balaban J connectivity index is 0.000001000. The van der Waals surface area contributed by atoms with Gasteiger partial charge in [-0.2, -0.15) is 0 Å². The molecular formula is C13H22Cl2N4O. The molecule has 20 heavy (non-hydrogen) atoms. The fourth-order valence-electron chi connectivity index (χ4n) is 3.38. The maximum atomic E-state index is 12.2. The zero-order chi connectivity index (χ0) is 12.6. The molecule has 5 nitrogen and oxygen atoms in total. The summed E-state index contributed by atoms with van der Waals surface area (Å²) in [5.41, 5.74) is 2.17. The number of nitrogens with one attached hydrogen (secondary N) is 2. The van der Waals surface area contributed by atoms with E-state index in [9.17, 15) is 4.79 Å². The van der Waals surface area contributed by atoms with E-state index in [1.165, 1.54) is 5.69 Å². The van der Waals surface area contributed by atoms with Gasteiger partial charge in [0.2, 0.25) is 5.91 Å². The summed E-state index contributed by atoms with van der Waals surface area (Å²) in [6.45, 7) is 4.68. The van der Waals surface area contributed by atoms with Crippen LogP contribution in [0.25, 0.3) is 0 Å². The summed E-state index contributed by atoms with van der Waals surface area (Å²) >= 11 is 0. The lowest BCUT2D eigenvalue weighted by atomic mass is 9.79. The average Bonchev–Trinajstić information content (AvgIpc) is 2.89. The van der Waals surface area contributed by atoms with Crippen molar-refractivity contribution in [1.29, 1.82) is 0 Å². The summed E-state index contributed by atoms with van der Waals surface area (Å²) < 4.78 is 0. The van der Waals surface area contributed by atoms with E-state index in [-0.39, 0.29) is 36.3 Å². The molecule has 1 saturated heterocycles. The monoisotopic (exact) mass is 320 g/mol. The summed E-state index contributed by atoms with van der Waals surface area (Å²) in [4.78, 5) is 22.1. The number of hydrogen-bond donors (Lipinski definition) is 2. The number of fused-ring (bicyclic) bond motifs is 2. The van der Waals surface area contributed by atoms with Gasteiger partial charge < -0.3 is 15.2 Å². The zero-order valence-corrected chi connectivity index (χ0v) is 13.3. The van der Waals surface area contributed by atoms with Crippen molar-refractivity contribution in [3.63, 3.8) is 0 Å². The first-order valence-electron chi connectivity index (χ1n) is 6.82. The van der Waals surface area contributed by atoms with E-state index in [2.05, 4.69) is 20.2 Å². The van der Waals surface area contributed by atoms with E-state index >= 15 is 0 Å². The Bertz CT molecular complexity index is 457. The number of aromatic amines is 1. The number of H-pyrrole nitrogens is 1. The molecule has 0 radical (unpaired) electrons. The van der Waals surface area contributed by atoms with Crippen LogP contribution in [0.3, 0.4) is 0 Å². The predicted octanol–water partition coefficient (Wildman–Crippen LogP) is 1.63. The molecule has 3 heterocycles. The molecule has 1 fully saturated rings. The van der Waals surface area contributed by atoms with Gasteiger partial charge >= 0.3 is 0 Å². The maximum Gasteiger partial charge on any atom is 0.223 e. The number of imidazole rings is 1. The molecule has 0 aromatic carbocycles. The van der Waals surface area contributed by atoms with Crippen molar-refractivity contribution >= 4 is 30.7 Å². The van der Waals surface area contributed by atoms with Gasteiger partial charge in [-0.15, -0.1) is 24.8 Å². The van der Waals surface area contributed by atoms with E-state index < -0.39 is 0 Å². The van der Waals surface area contributed by atoms with Crippen LogP contribution in [-0.2, 0) is 16.8 Å². The Morgan fingerprint density at radius 2 is 2.10 bits per heavy atom. The lowest BCUT2D eigenvalue weighted by Crippen LogP contribution is -2.57. The third-order valence-electron chi connectivity index (χ3n) is 4.30. The van der Waals surface area contributed by atoms with Crippen molar-refractivity contribution in [1.82, 2.24) is 20.2 Å². The largest absolute Gasteiger partial charge is 0.348 e. The molecule has 0 saturated carbocycles. The molecule has 1 aromatic heterocycles. The lowest BCUT2D eigenvalue weighted by molar-refractivity contribution is -0.140. The first-order valence-corrected chi connectivity index (χ1v) is 6.82. The Labute approximate surface area is 131 Å². The van der Waals surface area contributed by atoms with Crippen molar-refractivity contribution < 1.29 is 4.79 Å². The van der Waals surface area contributed by atoms with E-state index in [4.69, 9.17) is 0 Å². The van der Waals surface area contributed by atoms with Gasteiger partial charge in [0, 0.05) is 25.1 Å². The smallest absolute Gasteiger partial charge is 0.223 e. The number of amides is 1. The number of carbonyl (C=O) groups excluding carboxylic acids is 1. The van der Waals surface area contributed by atoms with Gasteiger partial charge in [0.1, 0.15) is 0 Å². The highest BCUT2D eigenvalue weighted by atomic mass is 35.5. The van der Waals surface area contributed by atoms with Crippen LogP contribution in [0.1, 0.15) is 37.6 Å². The molecule has 0 aliphatic carbocycles. The molecule has 2 N–H and O–H groups in total. The number of hydrogen-bond acceptors (Lipinski definition) is 3. The molecule has 2 aliphatic rings. The number of nitrogens with zero attached hydrogens (tertiary/aromatic N) is 2. The van der Waals surface area contributed by atoms with E-state index in [0.29, 0.717) is 6.42 Å². The third kappa shape index (κ3) is 2.54. The minimum atomic E-state index is -0.161. The van der Waals surface area contributed by atoms with Gasteiger partial charge in [0.15, 0.2) is 0 Å². The van der Waals surface area contributed by atoms with Gasteiger partial charge in [0.05, 0.1) is 17.6 Å². The van der Waals surface area contributed by atoms with E-state index in [1.807, 2.05) is 6.92 Å². The Kier molecular flexibility index (Phi) is 5.86. The molecule has 2 aliphatic heterocycles. The fourth-order valence-corrected chi connectivity index (χ4v) is 3.38. The first kappa shape index (κ1) is 17.3. The molecule has 1 amide bonds. The Morgan fingerprint density at radius 3 is 2.75 bits per heavy atom. The second-order valence-electron chi connectivity index (χ2n) is 5.16. The second-order valence-corrected chi connectivity index (χ2v) is 5.16.